The standard InChI is InChI=1S/C9H14N2OS/c1-6-5-8(7(2)13-6)9(12)11-4-3-10/h5H,3-4,10H2,1-2H3,(H,11,12). The van der Waals surface area contributed by atoms with Crippen LogP contribution in [0.2, 0.25) is 0 Å². The van der Waals surface area contributed by atoms with E-state index < -0.39 is 0 Å². The van der Waals surface area contributed by atoms with E-state index in [1.807, 2.05) is 19.9 Å². The number of rotatable bonds is 3. The number of carbonyl (C=O) groups is 1. The van der Waals surface area contributed by atoms with Gasteiger partial charge in [-0.2, -0.15) is 0 Å². The molecule has 0 aliphatic heterocycles. The van der Waals surface area contributed by atoms with Crippen LogP contribution in [0, 0.1) is 13.8 Å². The lowest BCUT2D eigenvalue weighted by Crippen LogP contribution is -2.29. The summed E-state index contributed by atoms with van der Waals surface area (Å²) in [5.41, 5.74) is 6.06. The number of carbonyl (C=O) groups excluding carboxylic acids is 1. The monoisotopic (exact) mass is 198 g/mol. The number of hydrogen-bond donors (Lipinski definition) is 2. The Kier molecular flexibility index (Phi) is 3.45. The van der Waals surface area contributed by atoms with Gasteiger partial charge in [0.05, 0.1) is 5.56 Å². The second kappa shape index (κ2) is 4.39. The molecule has 0 radical (unpaired) electrons. The molecule has 3 nitrogen and oxygen atoms in total. The SMILES string of the molecule is Cc1cc(C(=O)NCCN)c(C)s1. The van der Waals surface area contributed by atoms with Gasteiger partial charge >= 0.3 is 0 Å². The number of nitrogens with one attached hydrogen (secondary N) is 1. The highest BCUT2D eigenvalue weighted by Crippen LogP contribution is 2.20. The molecule has 0 bridgehead atoms. The van der Waals surface area contributed by atoms with Crippen molar-refractivity contribution in [2.24, 2.45) is 5.73 Å². The molecule has 1 aromatic heterocycles. The van der Waals surface area contributed by atoms with Crippen molar-refractivity contribution in [1.82, 2.24) is 5.32 Å². The van der Waals surface area contributed by atoms with Crippen molar-refractivity contribution in [2.75, 3.05) is 13.1 Å². The maximum Gasteiger partial charge on any atom is 0.252 e. The van der Waals surface area contributed by atoms with Crippen LogP contribution in [-0.4, -0.2) is 19.0 Å². The Labute approximate surface area is 81.9 Å². The molecule has 0 saturated carbocycles. The van der Waals surface area contributed by atoms with Crippen LogP contribution in [0.3, 0.4) is 0 Å². The van der Waals surface area contributed by atoms with E-state index in [2.05, 4.69) is 5.32 Å². The van der Waals surface area contributed by atoms with Crippen LogP contribution in [0.25, 0.3) is 0 Å². The van der Waals surface area contributed by atoms with Gasteiger partial charge in [-0.25, -0.2) is 0 Å². The van der Waals surface area contributed by atoms with Crippen LogP contribution in [-0.2, 0) is 0 Å². The third-order valence-corrected chi connectivity index (χ3v) is 2.68. The highest BCUT2D eigenvalue weighted by atomic mass is 32.1. The molecule has 3 N–H and O–H groups in total. The molecule has 0 aromatic carbocycles. The van der Waals surface area contributed by atoms with Crippen LogP contribution in [0.4, 0.5) is 0 Å². The van der Waals surface area contributed by atoms with E-state index in [1.165, 1.54) is 0 Å². The predicted octanol–water partition coefficient (Wildman–Crippen LogP) is 1.05. The summed E-state index contributed by atoms with van der Waals surface area (Å²) < 4.78 is 0. The molecule has 1 rings (SSSR count). The van der Waals surface area contributed by atoms with Crippen LogP contribution in [0.1, 0.15) is 20.1 Å². The molecular weight excluding hydrogens is 184 g/mol. The van der Waals surface area contributed by atoms with E-state index in [4.69, 9.17) is 5.73 Å². The van der Waals surface area contributed by atoms with Crippen molar-refractivity contribution in [3.05, 3.63) is 21.4 Å². The van der Waals surface area contributed by atoms with Crippen molar-refractivity contribution in [3.63, 3.8) is 0 Å². The normalized spacial score (nSPS) is 10.1. The molecule has 1 aromatic rings. The second-order valence-corrected chi connectivity index (χ2v) is 4.33. The fourth-order valence-corrected chi connectivity index (χ4v) is 2.06. The summed E-state index contributed by atoms with van der Waals surface area (Å²) in [6.45, 7) is 4.97. The smallest absolute Gasteiger partial charge is 0.252 e. The maximum atomic E-state index is 11.5. The highest BCUT2D eigenvalue weighted by molar-refractivity contribution is 7.12. The Bertz CT molecular complexity index is 307. The van der Waals surface area contributed by atoms with Crippen LogP contribution >= 0.6 is 11.3 Å². The average Bonchev–Trinajstić information content (AvgIpc) is 2.41. The first kappa shape index (κ1) is 10.2. The Morgan fingerprint density at radius 1 is 1.62 bits per heavy atom. The fourth-order valence-electron chi connectivity index (χ4n) is 1.14. The van der Waals surface area contributed by atoms with E-state index in [0.717, 1.165) is 15.3 Å². The Hall–Kier alpha value is -0.870. The zero-order valence-electron chi connectivity index (χ0n) is 7.89. The molecule has 72 valence electrons. The van der Waals surface area contributed by atoms with Gasteiger partial charge in [-0.3, -0.25) is 4.79 Å². The largest absolute Gasteiger partial charge is 0.351 e. The van der Waals surface area contributed by atoms with Gasteiger partial charge in [-0.05, 0) is 19.9 Å². The first-order valence-corrected chi connectivity index (χ1v) is 5.02. The molecule has 0 atom stereocenters. The number of aryl methyl sites for hydroxylation is 2. The van der Waals surface area contributed by atoms with Gasteiger partial charge < -0.3 is 11.1 Å². The zero-order valence-corrected chi connectivity index (χ0v) is 8.70. The molecule has 4 heteroatoms. The lowest BCUT2D eigenvalue weighted by Gasteiger charge is -2.01. The third kappa shape index (κ3) is 2.54. The summed E-state index contributed by atoms with van der Waals surface area (Å²) in [4.78, 5) is 13.7. The Balaban J connectivity index is 2.70. The van der Waals surface area contributed by atoms with Crippen molar-refractivity contribution in [2.45, 2.75) is 13.8 Å². The van der Waals surface area contributed by atoms with Crippen molar-refractivity contribution in [1.29, 1.82) is 0 Å². The van der Waals surface area contributed by atoms with E-state index >= 15 is 0 Å². The molecule has 13 heavy (non-hydrogen) atoms. The van der Waals surface area contributed by atoms with E-state index in [1.54, 1.807) is 11.3 Å². The Morgan fingerprint density at radius 3 is 2.77 bits per heavy atom. The molecule has 0 saturated heterocycles. The lowest BCUT2D eigenvalue weighted by atomic mass is 10.2. The number of nitrogens with two attached hydrogens (primary N) is 1. The van der Waals surface area contributed by atoms with Crippen LogP contribution in [0.5, 0.6) is 0 Å². The summed E-state index contributed by atoms with van der Waals surface area (Å²) in [5, 5.41) is 2.75. The number of thiophene rings is 1. The minimum atomic E-state index is -0.0210. The molecule has 0 unspecified atom stereocenters. The van der Waals surface area contributed by atoms with Crippen molar-refractivity contribution < 1.29 is 4.79 Å². The lowest BCUT2D eigenvalue weighted by molar-refractivity contribution is 0.0954. The fraction of sp³-hybridized carbons (Fsp3) is 0.444. The minimum Gasteiger partial charge on any atom is -0.351 e. The number of amides is 1. The summed E-state index contributed by atoms with van der Waals surface area (Å²) >= 11 is 1.64. The van der Waals surface area contributed by atoms with Gasteiger partial charge in [0.15, 0.2) is 0 Å². The average molecular weight is 198 g/mol. The number of hydrogen-bond acceptors (Lipinski definition) is 3. The highest BCUT2D eigenvalue weighted by Gasteiger charge is 2.10. The van der Waals surface area contributed by atoms with E-state index in [-0.39, 0.29) is 5.91 Å². The van der Waals surface area contributed by atoms with Gasteiger partial charge in [0, 0.05) is 22.8 Å². The first-order chi connectivity index (χ1) is 6.15. The topological polar surface area (TPSA) is 55.1 Å². The van der Waals surface area contributed by atoms with Crippen LogP contribution in [0.15, 0.2) is 6.07 Å². The molecule has 0 aliphatic rings. The molecule has 0 aliphatic carbocycles. The minimum absolute atomic E-state index is 0.0210. The molecule has 1 heterocycles. The summed E-state index contributed by atoms with van der Waals surface area (Å²) in [6, 6.07) is 1.91. The first-order valence-electron chi connectivity index (χ1n) is 4.20. The summed E-state index contributed by atoms with van der Waals surface area (Å²) in [6.07, 6.45) is 0. The van der Waals surface area contributed by atoms with Crippen molar-refractivity contribution >= 4 is 17.2 Å². The van der Waals surface area contributed by atoms with E-state index in [9.17, 15) is 4.79 Å². The maximum absolute atomic E-state index is 11.5. The van der Waals surface area contributed by atoms with E-state index in [0.29, 0.717) is 13.1 Å². The molecule has 1 amide bonds. The molecule has 0 spiro atoms. The van der Waals surface area contributed by atoms with Crippen LogP contribution < -0.4 is 11.1 Å². The quantitative estimate of drug-likeness (QED) is 0.763. The second-order valence-electron chi connectivity index (χ2n) is 2.87. The molecule has 0 fully saturated rings. The van der Waals surface area contributed by atoms with Gasteiger partial charge in [-0.1, -0.05) is 0 Å². The summed E-state index contributed by atoms with van der Waals surface area (Å²) in [7, 11) is 0. The van der Waals surface area contributed by atoms with Gasteiger partial charge in [0.25, 0.3) is 5.91 Å². The van der Waals surface area contributed by atoms with Gasteiger partial charge in [0.2, 0.25) is 0 Å². The van der Waals surface area contributed by atoms with Gasteiger partial charge in [-0.15, -0.1) is 11.3 Å². The van der Waals surface area contributed by atoms with Gasteiger partial charge in [0.1, 0.15) is 0 Å². The molecular formula is C9H14N2OS. The Morgan fingerprint density at radius 2 is 2.31 bits per heavy atom. The third-order valence-electron chi connectivity index (χ3n) is 1.72. The predicted molar refractivity (Wildman–Crippen MR) is 55.2 cm³/mol. The van der Waals surface area contributed by atoms with Crippen molar-refractivity contribution in [3.8, 4) is 0 Å². The zero-order chi connectivity index (χ0) is 9.84. The summed E-state index contributed by atoms with van der Waals surface area (Å²) in [5.74, 6) is -0.0210.